The Morgan fingerprint density at radius 2 is 2.14 bits per heavy atom. The number of ether oxygens (including phenoxy) is 1. The fourth-order valence-corrected chi connectivity index (χ4v) is 3.89. The summed E-state index contributed by atoms with van der Waals surface area (Å²) in [5.74, 6) is 0.0791. The summed E-state index contributed by atoms with van der Waals surface area (Å²) < 4.78 is 11.2. The van der Waals surface area contributed by atoms with Gasteiger partial charge in [-0.05, 0) is 6.92 Å². The summed E-state index contributed by atoms with van der Waals surface area (Å²) in [6.07, 6.45) is 0.868. The van der Waals surface area contributed by atoms with Crippen LogP contribution in [0.2, 0.25) is 0 Å². The fraction of sp³-hybridized carbons (Fsp3) is 0.533. The largest absolute Gasteiger partial charge is 0.456 e. The molecule has 3 fully saturated rings. The first-order valence-electron chi connectivity index (χ1n) is 7.38. The van der Waals surface area contributed by atoms with Crippen molar-refractivity contribution in [3.63, 3.8) is 0 Å². The van der Waals surface area contributed by atoms with Crippen LogP contribution >= 0.6 is 0 Å². The van der Waals surface area contributed by atoms with Crippen LogP contribution in [-0.4, -0.2) is 53.1 Å². The molecule has 7 heteroatoms. The first-order valence-corrected chi connectivity index (χ1v) is 7.38. The summed E-state index contributed by atoms with van der Waals surface area (Å²) in [7, 11) is 0. The average molecular weight is 304 g/mol. The van der Waals surface area contributed by atoms with Gasteiger partial charge in [0.2, 0.25) is 5.91 Å². The van der Waals surface area contributed by atoms with Crippen molar-refractivity contribution < 1.29 is 18.7 Å². The zero-order valence-corrected chi connectivity index (χ0v) is 12.2. The molecule has 2 amide bonds. The van der Waals surface area contributed by atoms with Gasteiger partial charge in [0.05, 0.1) is 19.1 Å². The SMILES string of the molecule is Cc1cc(=O)cc(C(=O)N2CC[C@@]34OCCN3C(=O)C[C@@H]24)o1. The van der Waals surface area contributed by atoms with Crippen LogP contribution in [0, 0.1) is 6.92 Å². The third kappa shape index (κ3) is 1.68. The Morgan fingerprint density at radius 3 is 2.91 bits per heavy atom. The molecule has 0 bridgehead atoms. The first-order chi connectivity index (χ1) is 10.5. The molecule has 1 aromatic heterocycles. The number of rotatable bonds is 1. The van der Waals surface area contributed by atoms with Gasteiger partial charge in [0.1, 0.15) is 5.76 Å². The predicted octanol–water partition coefficient (Wildman–Crippen LogP) is 0.122. The highest BCUT2D eigenvalue weighted by Gasteiger charge is 2.63. The molecule has 0 saturated carbocycles. The van der Waals surface area contributed by atoms with Crippen molar-refractivity contribution in [3.8, 4) is 0 Å². The molecule has 0 aromatic carbocycles. The van der Waals surface area contributed by atoms with Gasteiger partial charge in [0, 0.05) is 31.6 Å². The van der Waals surface area contributed by atoms with E-state index in [4.69, 9.17) is 9.15 Å². The summed E-state index contributed by atoms with van der Waals surface area (Å²) in [5.41, 5.74) is -0.932. The molecule has 0 unspecified atom stereocenters. The molecule has 1 spiro atoms. The minimum Gasteiger partial charge on any atom is -0.456 e. The molecule has 22 heavy (non-hydrogen) atoms. The zero-order chi connectivity index (χ0) is 15.5. The zero-order valence-electron chi connectivity index (χ0n) is 12.2. The molecule has 116 valence electrons. The maximum Gasteiger partial charge on any atom is 0.290 e. The van der Waals surface area contributed by atoms with Crippen LogP contribution in [0.25, 0.3) is 0 Å². The van der Waals surface area contributed by atoms with Gasteiger partial charge in [0.25, 0.3) is 5.91 Å². The summed E-state index contributed by atoms with van der Waals surface area (Å²) in [4.78, 5) is 39.7. The second-order valence-electron chi connectivity index (χ2n) is 5.98. The van der Waals surface area contributed by atoms with Crippen molar-refractivity contribution in [3.05, 3.63) is 33.9 Å². The van der Waals surface area contributed by atoms with E-state index < -0.39 is 5.72 Å². The molecule has 0 aliphatic carbocycles. The van der Waals surface area contributed by atoms with Crippen LogP contribution < -0.4 is 5.43 Å². The Kier molecular flexibility index (Phi) is 2.72. The van der Waals surface area contributed by atoms with Gasteiger partial charge in [0.15, 0.2) is 16.9 Å². The van der Waals surface area contributed by atoms with Crippen molar-refractivity contribution >= 4 is 11.8 Å². The molecule has 4 rings (SSSR count). The van der Waals surface area contributed by atoms with Gasteiger partial charge in [-0.3, -0.25) is 14.4 Å². The molecule has 3 aliphatic heterocycles. The first kappa shape index (κ1) is 13.5. The highest BCUT2D eigenvalue weighted by atomic mass is 16.5. The van der Waals surface area contributed by atoms with Gasteiger partial charge in [-0.2, -0.15) is 0 Å². The van der Waals surface area contributed by atoms with E-state index in [0.29, 0.717) is 31.9 Å². The number of amides is 2. The van der Waals surface area contributed by atoms with E-state index in [1.807, 2.05) is 0 Å². The van der Waals surface area contributed by atoms with Crippen LogP contribution in [0.4, 0.5) is 0 Å². The molecule has 0 radical (unpaired) electrons. The Bertz CT molecular complexity index is 727. The van der Waals surface area contributed by atoms with Crippen molar-refractivity contribution in [2.24, 2.45) is 0 Å². The summed E-state index contributed by atoms with van der Waals surface area (Å²) >= 11 is 0. The number of carbonyl (C=O) groups excluding carboxylic acids is 2. The molecule has 3 saturated heterocycles. The van der Waals surface area contributed by atoms with E-state index in [1.165, 1.54) is 12.1 Å². The minimum absolute atomic E-state index is 0.0192. The van der Waals surface area contributed by atoms with Crippen LogP contribution in [0.5, 0.6) is 0 Å². The van der Waals surface area contributed by atoms with Crippen molar-refractivity contribution in [1.29, 1.82) is 0 Å². The van der Waals surface area contributed by atoms with E-state index >= 15 is 0 Å². The number of likely N-dealkylation sites (tertiary alicyclic amines) is 1. The normalized spacial score (nSPS) is 29.9. The lowest BCUT2D eigenvalue weighted by Crippen LogP contribution is -2.48. The van der Waals surface area contributed by atoms with E-state index in [-0.39, 0.29) is 35.5 Å². The lowest BCUT2D eigenvalue weighted by molar-refractivity contribution is -0.136. The topological polar surface area (TPSA) is 80.1 Å². The number of nitrogens with zero attached hydrogens (tertiary/aromatic N) is 2. The van der Waals surface area contributed by atoms with E-state index in [9.17, 15) is 14.4 Å². The van der Waals surface area contributed by atoms with Gasteiger partial charge in [-0.25, -0.2) is 0 Å². The Labute approximate surface area is 126 Å². The van der Waals surface area contributed by atoms with Gasteiger partial charge in [-0.1, -0.05) is 0 Å². The maximum absolute atomic E-state index is 12.7. The fourth-order valence-electron chi connectivity index (χ4n) is 3.89. The minimum atomic E-state index is -0.670. The molecular formula is C15H16N2O5. The lowest BCUT2D eigenvalue weighted by atomic mass is 10.1. The summed E-state index contributed by atoms with van der Waals surface area (Å²) in [6, 6.07) is 2.23. The quantitative estimate of drug-likeness (QED) is 0.736. The van der Waals surface area contributed by atoms with Crippen molar-refractivity contribution in [1.82, 2.24) is 9.80 Å². The Balaban J connectivity index is 1.68. The molecule has 4 heterocycles. The molecule has 0 N–H and O–H groups in total. The van der Waals surface area contributed by atoms with Crippen molar-refractivity contribution in [2.45, 2.75) is 31.5 Å². The predicted molar refractivity (Wildman–Crippen MR) is 74.2 cm³/mol. The molecule has 3 aliphatic rings. The highest BCUT2D eigenvalue weighted by Crippen LogP contribution is 2.45. The van der Waals surface area contributed by atoms with E-state index in [0.717, 1.165) is 0 Å². The van der Waals surface area contributed by atoms with Crippen molar-refractivity contribution in [2.75, 3.05) is 19.7 Å². The number of hydrogen-bond donors (Lipinski definition) is 0. The van der Waals surface area contributed by atoms with Crippen LogP contribution in [0.15, 0.2) is 21.3 Å². The van der Waals surface area contributed by atoms with E-state index in [2.05, 4.69) is 0 Å². The highest BCUT2D eigenvalue weighted by molar-refractivity contribution is 5.93. The third-order valence-corrected chi connectivity index (χ3v) is 4.76. The van der Waals surface area contributed by atoms with Gasteiger partial charge < -0.3 is 19.0 Å². The standard InChI is InChI=1S/C15H16N2O5/c1-9-6-10(18)7-11(22-9)14(20)16-3-2-15-12(16)8-13(19)17(15)4-5-21-15/h6-7,12H,2-5,8H2,1H3/t12-,15+/m1/s1. The summed E-state index contributed by atoms with van der Waals surface area (Å²) in [5, 5.41) is 0. The number of aryl methyl sites for hydroxylation is 1. The van der Waals surface area contributed by atoms with Gasteiger partial charge in [-0.15, -0.1) is 0 Å². The Hall–Kier alpha value is -2.15. The second kappa shape index (κ2) is 4.42. The van der Waals surface area contributed by atoms with Crippen LogP contribution in [-0.2, 0) is 9.53 Å². The maximum atomic E-state index is 12.7. The van der Waals surface area contributed by atoms with E-state index in [1.54, 1.807) is 16.7 Å². The number of carbonyl (C=O) groups is 2. The smallest absolute Gasteiger partial charge is 0.290 e. The molecule has 1 aromatic rings. The second-order valence-corrected chi connectivity index (χ2v) is 5.98. The number of hydrogen-bond acceptors (Lipinski definition) is 5. The molecule has 2 atom stereocenters. The lowest BCUT2D eigenvalue weighted by Gasteiger charge is -2.31. The summed E-state index contributed by atoms with van der Waals surface area (Å²) in [6.45, 7) is 3.20. The average Bonchev–Trinajstić information content (AvgIpc) is 3.09. The monoisotopic (exact) mass is 304 g/mol. The molecular weight excluding hydrogens is 288 g/mol. The van der Waals surface area contributed by atoms with Crippen LogP contribution in [0.3, 0.4) is 0 Å². The van der Waals surface area contributed by atoms with Gasteiger partial charge >= 0.3 is 0 Å². The molecule has 7 nitrogen and oxygen atoms in total. The Morgan fingerprint density at radius 1 is 1.32 bits per heavy atom. The third-order valence-electron chi connectivity index (χ3n) is 4.76. The van der Waals surface area contributed by atoms with Crippen LogP contribution in [0.1, 0.15) is 29.2 Å².